The summed E-state index contributed by atoms with van der Waals surface area (Å²) in [6.45, 7) is 5.54. The van der Waals surface area contributed by atoms with Gasteiger partial charge < -0.3 is 9.30 Å². The Kier molecular flexibility index (Phi) is 5.38. The highest BCUT2D eigenvalue weighted by molar-refractivity contribution is 6.09. The van der Waals surface area contributed by atoms with Crippen molar-refractivity contribution in [1.29, 1.82) is 0 Å². The van der Waals surface area contributed by atoms with E-state index >= 15 is 0 Å². The molecule has 1 aromatic carbocycles. The molecule has 4 nitrogen and oxygen atoms in total. The van der Waals surface area contributed by atoms with Gasteiger partial charge in [0.05, 0.1) is 13.2 Å². The van der Waals surface area contributed by atoms with E-state index in [0.29, 0.717) is 17.6 Å². The Morgan fingerprint density at radius 2 is 1.86 bits per heavy atom. The van der Waals surface area contributed by atoms with Gasteiger partial charge >= 0.3 is 0 Å². The number of morpholine rings is 1. The van der Waals surface area contributed by atoms with E-state index in [9.17, 15) is 4.79 Å². The predicted octanol–water partition coefficient (Wildman–Crippen LogP) is 4.31. The van der Waals surface area contributed by atoms with Crippen LogP contribution in [0, 0.1) is 17.8 Å². The molecule has 3 unspecified atom stereocenters. The number of nitrogens with zero attached hydrogens (tertiary/aromatic N) is 2. The van der Waals surface area contributed by atoms with Crippen molar-refractivity contribution in [3.63, 3.8) is 0 Å². The first-order valence-electron chi connectivity index (χ1n) is 11.1. The van der Waals surface area contributed by atoms with Crippen molar-refractivity contribution in [3.05, 3.63) is 60.3 Å². The lowest BCUT2D eigenvalue weighted by Crippen LogP contribution is -2.38. The van der Waals surface area contributed by atoms with Crippen molar-refractivity contribution < 1.29 is 9.53 Å². The quantitative estimate of drug-likeness (QED) is 0.714. The molecular weight excluding hydrogens is 360 g/mol. The molecular formula is C25H30N2O2. The molecule has 152 valence electrons. The van der Waals surface area contributed by atoms with Gasteiger partial charge in [-0.05, 0) is 30.7 Å². The molecule has 4 heteroatoms. The summed E-state index contributed by atoms with van der Waals surface area (Å²) < 4.78 is 7.75. The lowest BCUT2D eigenvalue weighted by Gasteiger charge is -2.35. The van der Waals surface area contributed by atoms with E-state index in [-0.39, 0.29) is 5.92 Å². The first kappa shape index (κ1) is 18.8. The summed E-state index contributed by atoms with van der Waals surface area (Å²) in [6, 6.07) is 8.40. The maximum absolute atomic E-state index is 13.7. The summed E-state index contributed by atoms with van der Waals surface area (Å²) in [5.74, 6) is 1.32. The van der Waals surface area contributed by atoms with E-state index in [0.717, 1.165) is 63.2 Å². The van der Waals surface area contributed by atoms with Gasteiger partial charge in [0.15, 0.2) is 5.78 Å². The third-order valence-electron chi connectivity index (χ3n) is 6.97. The largest absolute Gasteiger partial charge is 0.379 e. The van der Waals surface area contributed by atoms with Gasteiger partial charge in [0.1, 0.15) is 0 Å². The molecule has 0 radical (unpaired) electrons. The Bertz CT molecular complexity index is 935. The van der Waals surface area contributed by atoms with Crippen molar-refractivity contribution in [2.75, 3.05) is 32.8 Å². The standard InChI is InChI=1S/C25H30N2O2/c28-25(22-10-5-7-19-6-1-2-8-20(19)22)23-18-27(24-11-4-3-9-21(23)24)13-12-26-14-16-29-17-15-26/h1-4,6,8-9,11,18-20,22H,5,7,10,12-17H2. The van der Waals surface area contributed by atoms with Crippen LogP contribution in [-0.4, -0.2) is 48.1 Å². The molecule has 0 bridgehead atoms. The van der Waals surface area contributed by atoms with E-state index in [1.807, 2.05) is 0 Å². The maximum atomic E-state index is 13.7. The van der Waals surface area contributed by atoms with Crippen LogP contribution in [0.25, 0.3) is 10.9 Å². The average molecular weight is 391 g/mol. The molecule has 2 fully saturated rings. The second-order valence-electron chi connectivity index (χ2n) is 8.62. The highest BCUT2D eigenvalue weighted by atomic mass is 16.5. The Balaban J connectivity index is 1.41. The minimum absolute atomic E-state index is 0.105. The Morgan fingerprint density at radius 3 is 2.76 bits per heavy atom. The molecule has 5 rings (SSSR count). The topological polar surface area (TPSA) is 34.5 Å². The summed E-state index contributed by atoms with van der Waals surface area (Å²) in [5.41, 5.74) is 2.09. The molecule has 2 aromatic rings. The number of Topliss-reactive ketones (excluding diaryl/α,β-unsaturated/α-hetero) is 1. The number of hydrogen-bond acceptors (Lipinski definition) is 3. The van der Waals surface area contributed by atoms with Crippen LogP contribution in [0.5, 0.6) is 0 Å². The van der Waals surface area contributed by atoms with E-state index < -0.39 is 0 Å². The van der Waals surface area contributed by atoms with Gasteiger partial charge in [0, 0.05) is 54.8 Å². The fourth-order valence-corrected chi connectivity index (χ4v) is 5.37. The Labute approximate surface area is 172 Å². The summed E-state index contributed by atoms with van der Waals surface area (Å²) in [5, 5.41) is 1.11. The van der Waals surface area contributed by atoms with Crippen LogP contribution in [0.1, 0.15) is 29.6 Å². The van der Waals surface area contributed by atoms with E-state index in [4.69, 9.17) is 4.74 Å². The number of hydrogen-bond donors (Lipinski definition) is 0. The van der Waals surface area contributed by atoms with E-state index in [2.05, 4.69) is 64.2 Å². The maximum Gasteiger partial charge on any atom is 0.168 e. The lowest BCUT2D eigenvalue weighted by atomic mass is 9.68. The van der Waals surface area contributed by atoms with Gasteiger partial charge in [0.2, 0.25) is 0 Å². The van der Waals surface area contributed by atoms with Gasteiger partial charge in [-0.15, -0.1) is 0 Å². The van der Waals surface area contributed by atoms with Gasteiger partial charge in [-0.1, -0.05) is 48.9 Å². The smallest absolute Gasteiger partial charge is 0.168 e. The van der Waals surface area contributed by atoms with Crippen LogP contribution in [0.2, 0.25) is 0 Å². The molecule has 29 heavy (non-hydrogen) atoms. The molecule has 3 atom stereocenters. The van der Waals surface area contributed by atoms with Crippen LogP contribution >= 0.6 is 0 Å². The molecule has 2 heterocycles. The fraction of sp³-hybridized carbons (Fsp3) is 0.480. The van der Waals surface area contributed by atoms with E-state index in [1.165, 1.54) is 11.9 Å². The number of rotatable bonds is 5. The van der Waals surface area contributed by atoms with Crippen LogP contribution in [-0.2, 0) is 11.3 Å². The number of fused-ring (bicyclic) bond motifs is 2. The average Bonchev–Trinajstić information content (AvgIpc) is 3.16. The Morgan fingerprint density at radius 1 is 1.03 bits per heavy atom. The number of allylic oxidation sites excluding steroid dienone is 4. The zero-order valence-corrected chi connectivity index (χ0v) is 17.0. The number of carbonyl (C=O) groups excluding carboxylic acids is 1. The number of carbonyl (C=O) groups is 1. The predicted molar refractivity (Wildman–Crippen MR) is 116 cm³/mol. The normalized spacial score (nSPS) is 27.2. The molecule has 1 saturated heterocycles. The van der Waals surface area contributed by atoms with Crippen LogP contribution in [0.15, 0.2) is 54.8 Å². The highest BCUT2D eigenvalue weighted by Gasteiger charge is 2.36. The fourth-order valence-electron chi connectivity index (χ4n) is 5.37. The number of aromatic nitrogens is 1. The molecule has 3 aliphatic rings. The zero-order chi connectivity index (χ0) is 19.6. The minimum Gasteiger partial charge on any atom is -0.379 e. The van der Waals surface area contributed by atoms with Crippen LogP contribution in [0.3, 0.4) is 0 Å². The second-order valence-corrected chi connectivity index (χ2v) is 8.62. The van der Waals surface area contributed by atoms with Crippen molar-refractivity contribution in [3.8, 4) is 0 Å². The number of ether oxygens (including phenoxy) is 1. The van der Waals surface area contributed by atoms with Crippen molar-refractivity contribution in [2.24, 2.45) is 17.8 Å². The highest BCUT2D eigenvalue weighted by Crippen LogP contribution is 2.41. The molecule has 2 aliphatic carbocycles. The van der Waals surface area contributed by atoms with Crippen molar-refractivity contribution >= 4 is 16.7 Å². The number of benzene rings is 1. The van der Waals surface area contributed by atoms with Crippen molar-refractivity contribution in [2.45, 2.75) is 25.8 Å². The number of para-hydroxylation sites is 1. The van der Waals surface area contributed by atoms with Gasteiger partial charge in [-0.3, -0.25) is 9.69 Å². The minimum atomic E-state index is 0.105. The summed E-state index contributed by atoms with van der Waals surface area (Å²) in [7, 11) is 0. The van der Waals surface area contributed by atoms with E-state index in [1.54, 1.807) is 0 Å². The van der Waals surface area contributed by atoms with Gasteiger partial charge in [-0.2, -0.15) is 0 Å². The third kappa shape index (κ3) is 3.72. The summed E-state index contributed by atoms with van der Waals surface area (Å²) >= 11 is 0. The Hall–Kier alpha value is -2.17. The third-order valence-corrected chi connectivity index (χ3v) is 6.97. The molecule has 0 N–H and O–H groups in total. The lowest BCUT2D eigenvalue weighted by molar-refractivity contribution is 0.0365. The zero-order valence-electron chi connectivity index (χ0n) is 17.0. The summed E-state index contributed by atoms with van der Waals surface area (Å²) in [6.07, 6.45) is 14.3. The summed E-state index contributed by atoms with van der Waals surface area (Å²) in [4.78, 5) is 16.1. The number of ketones is 1. The molecule has 1 aromatic heterocycles. The molecule has 0 spiro atoms. The molecule has 1 saturated carbocycles. The first-order valence-corrected chi connectivity index (χ1v) is 11.1. The van der Waals surface area contributed by atoms with Crippen LogP contribution < -0.4 is 0 Å². The van der Waals surface area contributed by atoms with Crippen molar-refractivity contribution in [1.82, 2.24) is 9.47 Å². The van der Waals surface area contributed by atoms with Gasteiger partial charge in [0.25, 0.3) is 0 Å². The SMILES string of the molecule is O=C(c1cn(CCN2CCOCC2)c2ccccc12)C1CCCC2C=CC=CC21. The van der Waals surface area contributed by atoms with Gasteiger partial charge in [-0.25, -0.2) is 0 Å². The first-order chi connectivity index (χ1) is 14.3. The molecule has 1 aliphatic heterocycles. The van der Waals surface area contributed by atoms with Crippen LogP contribution in [0.4, 0.5) is 0 Å². The molecule has 0 amide bonds. The monoisotopic (exact) mass is 390 g/mol. The second kappa shape index (κ2) is 8.29.